The molecule has 0 heterocycles. The van der Waals surface area contributed by atoms with E-state index in [1.165, 1.54) is 11.1 Å². The molecular weight excluding hydrogens is 432 g/mol. The average Bonchev–Trinajstić information content (AvgIpc) is 3.39. The summed E-state index contributed by atoms with van der Waals surface area (Å²) in [5, 5.41) is 14.7. The van der Waals surface area contributed by atoms with Gasteiger partial charge < -0.3 is 20.5 Å². The Morgan fingerprint density at radius 2 is 1.62 bits per heavy atom. The van der Waals surface area contributed by atoms with Gasteiger partial charge in [0.1, 0.15) is 6.61 Å². The van der Waals surface area contributed by atoms with Crippen LogP contribution in [0, 0.1) is 11.3 Å². The molecule has 7 nitrogen and oxygen atoms in total. The van der Waals surface area contributed by atoms with Gasteiger partial charge in [-0.05, 0) is 34.1 Å². The summed E-state index contributed by atoms with van der Waals surface area (Å²) in [6.07, 6.45) is 3.37. The first-order valence-corrected chi connectivity index (χ1v) is 11.5. The molecule has 2 aliphatic carbocycles. The van der Waals surface area contributed by atoms with Crippen LogP contribution in [-0.4, -0.2) is 42.3 Å². The highest BCUT2D eigenvalue weighted by Gasteiger charge is 2.30. The molecule has 2 amide bonds. The average molecular weight is 463 g/mol. The molecule has 2 atom stereocenters. The molecule has 2 unspecified atom stereocenters. The van der Waals surface area contributed by atoms with Crippen LogP contribution in [0.2, 0.25) is 0 Å². The molecule has 0 spiro atoms. The van der Waals surface area contributed by atoms with E-state index in [0.29, 0.717) is 6.42 Å². The molecule has 34 heavy (non-hydrogen) atoms. The predicted octanol–water partition coefficient (Wildman–Crippen LogP) is 4.09. The van der Waals surface area contributed by atoms with Crippen molar-refractivity contribution < 1.29 is 24.2 Å². The van der Waals surface area contributed by atoms with Gasteiger partial charge in [-0.1, -0.05) is 74.5 Å². The number of carboxylic acid groups (broad SMARTS) is 1. The second-order valence-corrected chi connectivity index (χ2v) is 9.76. The van der Waals surface area contributed by atoms with Crippen LogP contribution in [0.3, 0.4) is 0 Å². The van der Waals surface area contributed by atoms with E-state index in [0.717, 1.165) is 11.1 Å². The van der Waals surface area contributed by atoms with Gasteiger partial charge in [-0.3, -0.25) is 9.59 Å². The Bertz CT molecular complexity index is 1080. The quantitative estimate of drug-likeness (QED) is 0.513. The third-order valence-electron chi connectivity index (χ3n) is 6.44. The van der Waals surface area contributed by atoms with Crippen molar-refractivity contribution in [3.05, 3.63) is 71.8 Å². The van der Waals surface area contributed by atoms with E-state index >= 15 is 0 Å². The van der Waals surface area contributed by atoms with Crippen molar-refractivity contribution >= 4 is 18.0 Å². The number of rotatable bonds is 8. The third-order valence-corrected chi connectivity index (χ3v) is 6.44. The predicted molar refractivity (Wildman–Crippen MR) is 128 cm³/mol. The number of hydrogen-bond acceptors (Lipinski definition) is 4. The molecule has 178 valence electrons. The summed E-state index contributed by atoms with van der Waals surface area (Å²) in [5.41, 5.74) is 4.15. The van der Waals surface area contributed by atoms with E-state index in [1.54, 1.807) is 12.2 Å². The minimum absolute atomic E-state index is 0.00830. The fourth-order valence-corrected chi connectivity index (χ4v) is 4.70. The Morgan fingerprint density at radius 3 is 2.21 bits per heavy atom. The Morgan fingerprint density at radius 1 is 1.00 bits per heavy atom. The maximum Gasteiger partial charge on any atom is 0.407 e. The fraction of sp³-hybridized carbons (Fsp3) is 0.370. The summed E-state index contributed by atoms with van der Waals surface area (Å²) in [4.78, 5) is 35.9. The highest BCUT2D eigenvalue weighted by Crippen LogP contribution is 2.44. The topological polar surface area (TPSA) is 105 Å². The Balaban J connectivity index is 1.25. The zero-order chi connectivity index (χ0) is 24.3. The maximum absolute atomic E-state index is 12.4. The van der Waals surface area contributed by atoms with Crippen molar-refractivity contribution in [2.75, 3.05) is 13.2 Å². The number of fused-ring (bicyclic) bond motifs is 3. The monoisotopic (exact) mass is 462 g/mol. The zero-order valence-corrected chi connectivity index (χ0v) is 19.4. The Hall–Kier alpha value is -3.61. The first kappa shape index (κ1) is 23.5. The number of aliphatic carboxylic acids is 1. The smallest absolute Gasteiger partial charge is 0.407 e. The van der Waals surface area contributed by atoms with Crippen molar-refractivity contribution in [3.8, 4) is 11.1 Å². The molecule has 2 aromatic rings. The second kappa shape index (κ2) is 9.71. The van der Waals surface area contributed by atoms with Crippen LogP contribution in [0.1, 0.15) is 43.7 Å². The molecule has 3 N–H and O–H groups in total. The van der Waals surface area contributed by atoms with Gasteiger partial charge >= 0.3 is 12.1 Å². The standard InChI is InChI=1S/C27H30N2O5/c1-27(2,14-24(30)29-18-12-11-17(13-18)25(31)32)16-28-26(33)34-15-23-21-9-5-3-7-19(21)20-8-4-6-10-22(20)23/h3-12,17-18,23H,13-16H2,1-2H3,(H,28,33)(H,29,30)(H,31,32). The summed E-state index contributed by atoms with van der Waals surface area (Å²) < 4.78 is 5.57. The first-order chi connectivity index (χ1) is 16.2. The molecule has 0 saturated heterocycles. The van der Waals surface area contributed by atoms with E-state index in [2.05, 4.69) is 34.9 Å². The molecule has 4 rings (SSSR count). The molecule has 2 aromatic carbocycles. The lowest BCUT2D eigenvalue weighted by Gasteiger charge is -2.25. The molecule has 2 aliphatic rings. The number of hydrogen-bond donors (Lipinski definition) is 3. The number of nitrogens with one attached hydrogen (secondary N) is 2. The first-order valence-electron chi connectivity index (χ1n) is 11.5. The van der Waals surface area contributed by atoms with Crippen molar-refractivity contribution in [1.82, 2.24) is 10.6 Å². The molecule has 0 radical (unpaired) electrons. The van der Waals surface area contributed by atoms with E-state index in [4.69, 9.17) is 9.84 Å². The number of ether oxygens (including phenoxy) is 1. The maximum atomic E-state index is 12.4. The van der Waals surface area contributed by atoms with Crippen molar-refractivity contribution in [2.24, 2.45) is 11.3 Å². The molecule has 0 bridgehead atoms. The summed E-state index contributed by atoms with van der Waals surface area (Å²) >= 11 is 0. The molecule has 0 fully saturated rings. The molecule has 0 saturated carbocycles. The zero-order valence-electron chi connectivity index (χ0n) is 19.4. The number of amides is 2. The van der Waals surface area contributed by atoms with Crippen LogP contribution in [0.15, 0.2) is 60.7 Å². The van der Waals surface area contributed by atoms with Gasteiger partial charge in [0.25, 0.3) is 0 Å². The van der Waals surface area contributed by atoms with Crippen molar-refractivity contribution in [3.63, 3.8) is 0 Å². The highest BCUT2D eigenvalue weighted by atomic mass is 16.5. The number of alkyl carbamates (subject to hydrolysis) is 1. The van der Waals surface area contributed by atoms with Gasteiger partial charge in [-0.25, -0.2) is 4.79 Å². The van der Waals surface area contributed by atoms with Gasteiger partial charge in [0.15, 0.2) is 0 Å². The van der Waals surface area contributed by atoms with Crippen LogP contribution in [-0.2, 0) is 14.3 Å². The van der Waals surface area contributed by atoms with E-state index in [-0.39, 0.29) is 37.4 Å². The number of carboxylic acids is 1. The lowest BCUT2D eigenvalue weighted by Crippen LogP contribution is -2.40. The van der Waals surface area contributed by atoms with Gasteiger partial charge in [0, 0.05) is 24.9 Å². The van der Waals surface area contributed by atoms with Gasteiger partial charge in [0.2, 0.25) is 5.91 Å². The molecular formula is C27H30N2O5. The summed E-state index contributed by atoms with van der Waals surface area (Å²) in [7, 11) is 0. The molecule has 7 heteroatoms. The normalized spacial score (nSPS) is 18.8. The summed E-state index contributed by atoms with van der Waals surface area (Å²) in [5.74, 6) is -1.64. The second-order valence-electron chi connectivity index (χ2n) is 9.76. The van der Waals surface area contributed by atoms with Gasteiger partial charge in [-0.15, -0.1) is 0 Å². The fourth-order valence-electron chi connectivity index (χ4n) is 4.70. The molecule has 0 aromatic heterocycles. The summed E-state index contributed by atoms with van der Waals surface area (Å²) in [6.45, 7) is 4.29. The Labute approximate surface area is 199 Å². The van der Waals surface area contributed by atoms with Gasteiger partial charge in [0.05, 0.1) is 5.92 Å². The SMILES string of the molecule is CC(C)(CNC(=O)OCC1c2ccccc2-c2ccccc21)CC(=O)NC1C=CC(C(=O)O)C1. The molecule has 0 aliphatic heterocycles. The largest absolute Gasteiger partial charge is 0.481 e. The third kappa shape index (κ3) is 5.30. The van der Waals surface area contributed by atoms with Crippen LogP contribution in [0.25, 0.3) is 11.1 Å². The lowest BCUT2D eigenvalue weighted by atomic mass is 9.89. The highest BCUT2D eigenvalue weighted by molar-refractivity contribution is 5.79. The van der Waals surface area contributed by atoms with E-state index < -0.39 is 23.4 Å². The van der Waals surface area contributed by atoms with Crippen molar-refractivity contribution in [1.29, 1.82) is 0 Å². The van der Waals surface area contributed by atoms with Crippen LogP contribution in [0.5, 0.6) is 0 Å². The number of benzene rings is 2. The van der Waals surface area contributed by atoms with Crippen LogP contribution < -0.4 is 10.6 Å². The number of carbonyl (C=O) groups excluding carboxylic acids is 2. The Kier molecular flexibility index (Phi) is 6.72. The van der Waals surface area contributed by atoms with E-state index in [9.17, 15) is 14.4 Å². The minimum Gasteiger partial charge on any atom is -0.481 e. The van der Waals surface area contributed by atoms with E-state index in [1.807, 2.05) is 38.1 Å². The summed E-state index contributed by atoms with van der Waals surface area (Å²) in [6, 6.07) is 16.1. The van der Waals surface area contributed by atoms with Gasteiger partial charge in [-0.2, -0.15) is 0 Å². The van der Waals surface area contributed by atoms with Crippen LogP contribution >= 0.6 is 0 Å². The minimum atomic E-state index is -0.888. The number of carbonyl (C=O) groups is 3. The lowest BCUT2D eigenvalue weighted by molar-refractivity contribution is -0.140. The van der Waals surface area contributed by atoms with Crippen LogP contribution in [0.4, 0.5) is 4.79 Å². The van der Waals surface area contributed by atoms with Crippen molar-refractivity contribution in [2.45, 2.75) is 38.6 Å².